The fraction of sp³-hybridized carbons (Fsp3) is 0.875. The number of hydrogen-bond donors (Lipinski definition) is 6. The molecule has 6 atom stereocenters. The van der Waals surface area contributed by atoms with Crippen molar-refractivity contribution in [2.75, 3.05) is 0 Å². The van der Waals surface area contributed by atoms with E-state index in [9.17, 15) is 57.4 Å². The second-order valence-corrected chi connectivity index (χ2v) is 14.0. The largest absolute Gasteiger partial charge is 0.470 e. The van der Waals surface area contributed by atoms with E-state index in [0.717, 1.165) is 0 Å². The van der Waals surface area contributed by atoms with E-state index in [1.165, 1.54) is 0 Å². The number of phosphoric ester groups is 3. The molecule has 0 heterocycles. The van der Waals surface area contributed by atoms with Gasteiger partial charge in [-0.3, -0.25) is 28.0 Å². The molecule has 0 saturated heterocycles. The van der Waals surface area contributed by atoms with Gasteiger partial charge in [-0.05, 0) is 19.3 Å². The first kappa shape index (κ1) is 41.8. The molecule has 0 aromatic heterocycles. The molecule has 264 valence electrons. The molecular weight excluding hydrogens is 669 g/mol. The SMILES string of the molecule is CCCCCC(=O)O[C@@H]1[C@@H](OC(=O)CCCCC)[C@H](OP(=O)(O)O)[C@@H](OP(=O)(O)O)[C@@H](OP(=O)(O)O)[C@H]1OC(=O)CCCCC. The molecular formula is C24H45O18P3. The van der Waals surface area contributed by atoms with Crippen LogP contribution < -0.4 is 0 Å². The Morgan fingerprint density at radius 2 is 0.667 bits per heavy atom. The highest BCUT2D eigenvalue weighted by Crippen LogP contribution is 2.51. The normalized spacial score (nSPS) is 24.2. The molecule has 0 aromatic rings. The third kappa shape index (κ3) is 16.9. The van der Waals surface area contributed by atoms with Crippen LogP contribution in [0.5, 0.6) is 0 Å². The van der Waals surface area contributed by atoms with Gasteiger partial charge in [0.15, 0.2) is 18.3 Å². The van der Waals surface area contributed by atoms with Gasteiger partial charge in [0.1, 0.15) is 18.3 Å². The second kappa shape index (κ2) is 19.5. The molecule has 0 bridgehead atoms. The van der Waals surface area contributed by atoms with Gasteiger partial charge in [0.05, 0.1) is 0 Å². The Labute approximate surface area is 261 Å². The predicted molar refractivity (Wildman–Crippen MR) is 153 cm³/mol. The van der Waals surface area contributed by atoms with Gasteiger partial charge in [0.2, 0.25) is 0 Å². The molecule has 0 amide bonds. The number of phosphoric acid groups is 3. The second-order valence-electron chi connectivity index (χ2n) is 10.4. The molecule has 18 nitrogen and oxygen atoms in total. The van der Waals surface area contributed by atoms with Crippen molar-refractivity contribution in [3.05, 3.63) is 0 Å². The summed E-state index contributed by atoms with van der Waals surface area (Å²) in [4.78, 5) is 96.7. The summed E-state index contributed by atoms with van der Waals surface area (Å²) in [6.45, 7) is 5.54. The maximum Gasteiger partial charge on any atom is 0.470 e. The topological polar surface area (TPSA) is 279 Å². The van der Waals surface area contributed by atoms with Gasteiger partial charge in [0.25, 0.3) is 0 Å². The molecule has 1 aliphatic rings. The Morgan fingerprint density at radius 3 is 0.889 bits per heavy atom. The predicted octanol–water partition coefficient (Wildman–Crippen LogP) is 2.91. The molecule has 1 aliphatic carbocycles. The zero-order chi connectivity index (χ0) is 34.4. The average molecular weight is 715 g/mol. The van der Waals surface area contributed by atoms with Crippen LogP contribution in [0.3, 0.4) is 0 Å². The third-order valence-electron chi connectivity index (χ3n) is 6.48. The first-order valence-corrected chi connectivity index (χ1v) is 19.2. The molecule has 0 aromatic carbocycles. The molecule has 1 fully saturated rings. The smallest absolute Gasteiger partial charge is 0.455 e. The minimum Gasteiger partial charge on any atom is -0.455 e. The molecule has 0 spiro atoms. The van der Waals surface area contributed by atoms with E-state index in [1.54, 1.807) is 0 Å². The van der Waals surface area contributed by atoms with E-state index in [4.69, 9.17) is 23.3 Å². The van der Waals surface area contributed by atoms with Gasteiger partial charge < -0.3 is 43.6 Å². The lowest BCUT2D eigenvalue weighted by Gasteiger charge is -2.47. The van der Waals surface area contributed by atoms with Crippen LogP contribution in [0.25, 0.3) is 0 Å². The molecule has 0 radical (unpaired) electrons. The van der Waals surface area contributed by atoms with Gasteiger partial charge in [-0.1, -0.05) is 59.3 Å². The minimum atomic E-state index is -5.73. The van der Waals surface area contributed by atoms with Crippen molar-refractivity contribution in [2.24, 2.45) is 0 Å². The molecule has 45 heavy (non-hydrogen) atoms. The number of hydrogen-bond acceptors (Lipinski definition) is 12. The molecule has 6 N–H and O–H groups in total. The van der Waals surface area contributed by atoms with E-state index < -0.39 is 78.0 Å². The standard InChI is InChI=1S/C24H45O18P3/c1-4-7-10-13-16(25)37-19-20(38-17(26)14-11-8-5-2)22(40-43(28,29)30)24(42-45(34,35)36)23(41-44(31,32)33)21(19)39-18(27)15-12-9-6-3/h19-24H,4-15H2,1-3H3,(H2,28,29,30)(H2,31,32,33)(H2,34,35,36)/t19-,20-,21+,22-,23-,24-/m0/s1. The van der Waals surface area contributed by atoms with Gasteiger partial charge in [-0.15, -0.1) is 0 Å². The number of unbranched alkanes of at least 4 members (excludes halogenated alkanes) is 6. The lowest BCUT2D eigenvalue weighted by Crippen LogP contribution is -2.67. The van der Waals surface area contributed by atoms with E-state index in [2.05, 4.69) is 4.52 Å². The van der Waals surface area contributed by atoms with E-state index in [1.807, 2.05) is 20.8 Å². The summed E-state index contributed by atoms with van der Waals surface area (Å²) < 4.78 is 66.5. The number of rotatable bonds is 21. The highest BCUT2D eigenvalue weighted by Gasteiger charge is 2.62. The molecule has 0 aliphatic heterocycles. The first-order valence-electron chi connectivity index (χ1n) is 14.6. The zero-order valence-corrected chi connectivity index (χ0v) is 28.1. The number of ether oxygens (including phenoxy) is 3. The van der Waals surface area contributed by atoms with E-state index in [-0.39, 0.29) is 32.1 Å². The fourth-order valence-electron chi connectivity index (χ4n) is 4.55. The molecule has 1 saturated carbocycles. The van der Waals surface area contributed by atoms with Crippen molar-refractivity contribution >= 4 is 41.4 Å². The Balaban J connectivity index is 3.88. The quantitative estimate of drug-likeness (QED) is 0.0431. The van der Waals surface area contributed by atoms with E-state index >= 15 is 0 Å². The summed E-state index contributed by atoms with van der Waals surface area (Å²) >= 11 is 0. The van der Waals surface area contributed by atoms with Crippen molar-refractivity contribution in [3.8, 4) is 0 Å². The highest BCUT2D eigenvalue weighted by atomic mass is 31.2. The zero-order valence-electron chi connectivity index (χ0n) is 25.4. The summed E-state index contributed by atoms with van der Waals surface area (Å²) in [6.07, 6.45) is -10.1. The third-order valence-corrected chi connectivity index (χ3v) is 8.03. The van der Waals surface area contributed by atoms with Crippen LogP contribution >= 0.6 is 23.5 Å². The highest BCUT2D eigenvalue weighted by molar-refractivity contribution is 7.47. The first-order chi connectivity index (χ1) is 20.8. The van der Waals surface area contributed by atoms with Crippen LogP contribution in [0.1, 0.15) is 97.8 Å². The monoisotopic (exact) mass is 714 g/mol. The molecule has 21 heteroatoms. The van der Waals surface area contributed by atoms with Crippen LogP contribution in [-0.4, -0.2) is 83.9 Å². The van der Waals surface area contributed by atoms with Gasteiger partial charge in [0, 0.05) is 19.3 Å². The summed E-state index contributed by atoms with van der Waals surface area (Å²) in [5.41, 5.74) is 0. The van der Waals surface area contributed by atoms with Crippen molar-refractivity contribution in [1.29, 1.82) is 0 Å². The number of esters is 3. The van der Waals surface area contributed by atoms with Crippen molar-refractivity contribution in [1.82, 2.24) is 0 Å². The van der Waals surface area contributed by atoms with E-state index in [0.29, 0.717) is 44.9 Å². The Kier molecular flexibility index (Phi) is 18.1. The van der Waals surface area contributed by atoms with Crippen LogP contribution in [0.4, 0.5) is 0 Å². The van der Waals surface area contributed by atoms with Crippen molar-refractivity contribution in [2.45, 2.75) is 134 Å². The molecule has 0 unspecified atom stereocenters. The Morgan fingerprint density at radius 1 is 0.444 bits per heavy atom. The van der Waals surface area contributed by atoms with Crippen LogP contribution in [0, 0.1) is 0 Å². The minimum absolute atomic E-state index is 0.241. The number of carbonyl (C=O) groups is 3. The summed E-state index contributed by atoms with van der Waals surface area (Å²) in [6, 6.07) is 0. The summed E-state index contributed by atoms with van der Waals surface area (Å²) in [7, 11) is -17.1. The maximum absolute atomic E-state index is 12.9. The van der Waals surface area contributed by atoms with Crippen LogP contribution in [0.2, 0.25) is 0 Å². The number of carbonyl (C=O) groups excluding carboxylic acids is 3. The molecule has 1 rings (SSSR count). The van der Waals surface area contributed by atoms with Gasteiger partial charge >= 0.3 is 41.4 Å². The Hall–Kier alpha value is -1.26. The van der Waals surface area contributed by atoms with Crippen LogP contribution in [-0.2, 0) is 55.9 Å². The summed E-state index contributed by atoms with van der Waals surface area (Å²) in [5.74, 6) is -3.05. The van der Waals surface area contributed by atoms with Gasteiger partial charge in [-0.2, -0.15) is 0 Å². The van der Waals surface area contributed by atoms with Crippen molar-refractivity contribution < 1.29 is 85.2 Å². The van der Waals surface area contributed by atoms with Crippen molar-refractivity contribution in [3.63, 3.8) is 0 Å². The lowest BCUT2D eigenvalue weighted by atomic mass is 9.84. The van der Waals surface area contributed by atoms with Crippen LogP contribution in [0.15, 0.2) is 0 Å². The van der Waals surface area contributed by atoms with Gasteiger partial charge in [-0.25, -0.2) is 13.7 Å². The Bertz CT molecular complexity index is 1020. The lowest BCUT2D eigenvalue weighted by molar-refractivity contribution is -0.241. The fourth-order valence-corrected chi connectivity index (χ4v) is 6.22. The maximum atomic E-state index is 12.9. The summed E-state index contributed by atoms with van der Waals surface area (Å²) in [5, 5.41) is 0. The average Bonchev–Trinajstić information content (AvgIpc) is 2.88.